The fourth-order valence-electron chi connectivity index (χ4n) is 3.31. The Bertz CT molecular complexity index is 1100. The average Bonchev–Trinajstić information content (AvgIpc) is 3.30. The molecule has 4 rings (SSSR count). The van der Waals surface area contributed by atoms with E-state index in [1.807, 2.05) is 58.4 Å². The molecule has 0 bridgehead atoms. The lowest BCUT2D eigenvalue weighted by atomic mass is 10.1. The number of halogens is 1. The van der Waals surface area contributed by atoms with E-state index < -0.39 is 0 Å². The second-order valence-corrected chi connectivity index (χ2v) is 8.46. The van der Waals surface area contributed by atoms with Crippen LogP contribution in [0.3, 0.4) is 0 Å². The molecule has 0 radical (unpaired) electrons. The van der Waals surface area contributed by atoms with Crippen LogP contribution in [0.1, 0.15) is 24.6 Å². The Hall–Kier alpha value is -2.63. The summed E-state index contributed by atoms with van der Waals surface area (Å²) >= 11 is 7.52. The highest BCUT2D eigenvalue weighted by molar-refractivity contribution is 7.15. The fraction of sp³-hybridized carbons (Fsp3) is 0.217. The molecule has 29 heavy (non-hydrogen) atoms. The highest BCUT2D eigenvalue weighted by Gasteiger charge is 2.14. The number of amides is 1. The predicted octanol–water partition coefficient (Wildman–Crippen LogP) is 5.40. The lowest BCUT2D eigenvalue weighted by Crippen LogP contribution is -2.34. The van der Waals surface area contributed by atoms with Gasteiger partial charge in [0.1, 0.15) is 0 Å². The number of rotatable bonds is 7. The molecule has 2 aromatic carbocycles. The summed E-state index contributed by atoms with van der Waals surface area (Å²) in [7, 11) is 0. The number of aromatic nitrogens is 2. The van der Waals surface area contributed by atoms with Crippen molar-refractivity contribution in [2.75, 3.05) is 0 Å². The van der Waals surface area contributed by atoms with Gasteiger partial charge in [-0.25, -0.2) is 4.98 Å². The van der Waals surface area contributed by atoms with E-state index in [4.69, 9.17) is 11.6 Å². The van der Waals surface area contributed by atoms with E-state index in [0.29, 0.717) is 11.4 Å². The molecule has 1 N–H and O–H groups in total. The number of carbonyl (C=O) groups excluding carboxylic acids is 1. The van der Waals surface area contributed by atoms with Crippen molar-refractivity contribution in [1.29, 1.82) is 0 Å². The van der Waals surface area contributed by atoms with E-state index in [-0.39, 0.29) is 11.9 Å². The highest BCUT2D eigenvalue weighted by Crippen LogP contribution is 2.25. The summed E-state index contributed by atoms with van der Waals surface area (Å²) in [4.78, 5) is 18.1. The van der Waals surface area contributed by atoms with Gasteiger partial charge in [0.05, 0.1) is 12.1 Å². The molecule has 1 amide bonds. The second kappa shape index (κ2) is 8.80. The molecule has 148 valence electrons. The Balaban J connectivity index is 1.38. The molecule has 0 saturated carbocycles. The minimum Gasteiger partial charge on any atom is -0.353 e. The first-order chi connectivity index (χ1) is 14.1. The van der Waals surface area contributed by atoms with E-state index in [1.54, 1.807) is 11.3 Å². The molecule has 0 aliphatic heterocycles. The van der Waals surface area contributed by atoms with Crippen molar-refractivity contribution in [3.63, 3.8) is 0 Å². The third-order valence-electron chi connectivity index (χ3n) is 4.88. The Morgan fingerprint density at radius 1 is 1.17 bits per heavy atom. The van der Waals surface area contributed by atoms with Gasteiger partial charge in [-0.1, -0.05) is 54.1 Å². The molecular formula is C23H22ClN3OS. The quantitative estimate of drug-likeness (QED) is 0.432. The molecule has 1 unspecified atom stereocenters. The summed E-state index contributed by atoms with van der Waals surface area (Å²) in [5.41, 5.74) is 4.13. The molecule has 2 heterocycles. The van der Waals surface area contributed by atoms with Crippen LogP contribution in [-0.2, 0) is 17.6 Å². The lowest BCUT2D eigenvalue weighted by Gasteiger charge is -2.13. The van der Waals surface area contributed by atoms with Crippen LogP contribution in [0.25, 0.3) is 16.2 Å². The van der Waals surface area contributed by atoms with Gasteiger partial charge in [-0.3, -0.25) is 9.20 Å². The van der Waals surface area contributed by atoms with Crippen molar-refractivity contribution >= 4 is 33.8 Å². The number of hydrogen-bond acceptors (Lipinski definition) is 3. The van der Waals surface area contributed by atoms with Crippen molar-refractivity contribution < 1.29 is 4.79 Å². The molecule has 0 aliphatic carbocycles. The first kappa shape index (κ1) is 19.7. The van der Waals surface area contributed by atoms with Crippen LogP contribution in [0.4, 0.5) is 0 Å². The summed E-state index contributed by atoms with van der Waals surface area (Å²) in [6.45, 7) is 2.06. The number of aryl methyl sites for hydroxylation is 1. The summed E-state index contributed by atoms with van der Waals surface area (Å²) in [6, 6.07) is 18.1. The molecule has 4 aromatic rings. The zero-order valence-electron chi connectivity index (χ0n) is 16.1. The van der Waals surface area contributed by atoms with Crippen LogP contribution in [0.15, 0.2) is 66.2 Å². The van der Waals surface area contributed by atoms with Gasteiger partial charge < -0.3 is 5.32 Å². The molecule has 0 aliphatic rings. The predicted molar refractivity (Wildman–Crippen MR) is 120 cm³/mol. The minimum atomic E-state index is 0.0343. The van der Waals surface area contributed by atoms with Crippen molar-refractivity contribution in [1.82, 2.24) is 14.7 Å². The summed E-state index contributed by atoms with van der Waals surface area (Å²) in [5, 5.41) is 5.82. The molecule has 0 saturated heterocycles. The highest BCUT2D eigenvalue weighted by atomic mass is 35.5. The molecule has 0 fully saturated rings. The number of benzene rings is 2. The second-order valence-electron chi connectivity index (χ2n) is 7.18. The average molecular weight is 424 g/mol. The van der Waals surface area contributed by atoms with Gasteiger partial charge in [0, 0.05) is 33.9 Å². The van der Waals surface area contributed by atoms with Crippen molar-refractivity contribution in [2.24, 2.45) is 0 Å². The van der Waals surface area contributed by atoms with Crippen LogP contribution in [0.2, 0.25) is 5.02 Å². The largest absolute Gasteiger partial charge is 0.353 e. The zero-order chi connectivity index (χ0) is 20.2. The number of nitrogens with one attached hydrogen (secondary N) is 1. The maximum atomic E-state index is 12.5. The number of thiazole rings is 1. The topological polar surface area (TPSA) is 46.4 Å². The van der Waals surface area contributed by atoms with Crippen molar-refractivity contribution in [3.05, 3.63) is 82.5 Å². The van der Waals surface area contributed by atoms with E-state index in [0.717, 1.165) is 34.8 Å². The first-order valence-corrected chi connectivity index (χ1v) is 10.9. The molecule has 6 heteroatoms. The summed E-state index contributed by atoms with van der Waals surface area (Å²) in [6.07, 6.45) is 4.19. The van der Waals surface area contributed by atoms with Gasteiger partial charge in [-0.05, 0) is 37.5 Å². The fourth-order valence-corrected chi connectivity index (χ4v) is 4.31. The van der Waals surface area contributed by atoms with Crippen molar-refractivity contribution in [3.8, 4) is 11.3 Å². The van der Waals surface area contributed by atoms with E-state index in [9.17, 15) is 4.79 Å². The maximum Gasteiger partial charge on any atom is 0.226 e. The van der Waals surface area contributed by atoms with Gasteiger partial charge in [-0.15, -0.1) is 11.3 Å². The lowest BCUT2D eigenvalue weighted by molar-refractivity contribution is -0.121. The number of fused-ring (bicyclic) bond motifs is 1. The Kier molecular flexibility index (Phi) is 5.97. The molecule has 2 aromatic heterocycles. The van der Waals surface area contributed by atoms with E-state index in [2.05, 4.69) is 29.4 Å². The third kappa shape index (κ3) is 4.86. The molecule has 4 nitrogen and oxygen atoms in total. The van der Waals surface area contributed by atoms with E-state index >= 15 is 0 Å². The molecule has 1 atom stereocenters. The van der Waals surface area contributed by atoms with Crippen LogP contribution in [0.5, 0.6) is 0 Å². The van der Waals surface area contributed by atoms with E-state index in [1.165, 1.54) is 5.56 Å². The SMILES string of the molecule is CC(CCc1ccccc1)NC(=O)Cc1csc2nc(-c3ccc(Cl)cc3)cn12. The van der Waals surface area contributed by atoms with Crippen molar-refractivity contribution in [2.45, 2.75) is 32.2 Å². The number of hydrogen-bond donors (Lipinski definition) is 1. The summed E-state index contributed by atoms with van der Waals surface area (Å²) in [5.74, 6) is 0.0343. The Labute approximate surface area is 179 Å². The monoisotopic (exact) mass is 423 g/mol. The normalized spacial score (nSPS) is 12.2. The standard InChI is InChI=1S/C23H22ClN3OS/c1-16(7-8-17-5-3-2-4-6-17)25-22(28)13-20-15-29-23-26-21(14-27(20)23)18-9-11-19(24)12-10-18/h2-6,9-12,14-16H,7-8,13H2,1H3,(H,25,28). The Morgan fingerprint density at radius 3 is 2.69 bits per heavy atom. The maximum absolute atomic E-state index is 12.5. The van der Waals surface area contributed by atoms with Crippen LogP contribution < -0.4 is 5.32 Å². The smallest absolute Gasteiger partial charge is 0.226 e. The molecular weight excluding hydrogens is 402 g/mol. The van der Waals surface area contributed by atoms with Gasteiger partial charge >= 0.3 is 0 Å². The minimum absolute atomic E-state index is 0.0343. The van der Waals surface area contributed by atoms with Gasteiger partial charge in [0.25, 0.3) is 0 Å². The van der Waals surface area contributed by atoms with Gasteiger partial charge in [0.15, 0.2) is 4.96 Å². The third-order valence-corrected chi connectivity index (χ3v) is 6.02. The number of carbonyl (C=O) groups is 1. The summed E-state index contributed by atoms with van der Waals surface area (Å²) < 4.78 is 2.00. The van der Waals surface area contributed by atoms with Crippen LogP contribution >= 0.6 is 22.9 Å². The van der Waals surface area contributed by atoms with Crippen LogP contribution in [0, 0.1) is 0 Å². The van der Waals surface area contributed by atoms with Crippen LogP contribution in [-0.4, -0.2) is 21.3 Å². The Morgan fingerprint density at radius 2 is 1.93 bits per heavy atom. The zero-order valence-corrected chi connectivity index (χ0v) is 17.7. The molecule has 0 spiro atoms. The van der Waals surface area contributed by atoms with Gasteiger partial charge in [0.2, 0.25) is 5.91 Å². The first-order valence-electron chi connectivity index (χ1n) is 9.63. The number of imidazole rings is 1. The van der Waals surface area contributed by atoms with Gasteiger partial charge in [-0.2, -0.15) is 0 Å². The number of nitrogens with zero attached hydrogens (tertiary/aromatic N) is 2.